The maximum absolute atomic E-state index is 10.9. The third kappa shape index (κ3) is 6.65. The molecule has 0 spiro atoms. The van der Waals surface area contributed by atoms with E-state index < -0.39 is 20.5 Å². The minimum Gasteiger partial charge on any atom is -0.414 e. The van der Waals surface area contributed by atoms with E-state index in [9.17, 15) is 10.2 Å². The van der Waals surface area contributed by atoms with Crippen LogP contribution in [0.4, 0.5) is 0 Å². The highest BCUT2D eigenvalue weighted by Crippen LogP contribution is 2.39. The monoisotopic (exact) mass is 378 g/mol. The quantitative estimate of drug-likeness (QED) is 0.424. The largest absolute Gasteiger partial charge is 0.414 e. The standard InChI is InChI=1S/C22H38O3Si/c1-8-12-17-13-10-11-14-20(17)21(24)16-19(15-18(23)9-2)25-26(6,7)22(3,4)5/h8,10-11,13-14,18-19,21,23-24H,1,9,12,15-16H2,2-7H3/t18-,19-,21-/m1/s1. The lowest BCUT2D eigenvalue weighted by Gasteiger charge is -2.40. The van der Waals surface area contributed by atoms with Gasteiger partial charge in [0.15, 0.2) is 8.32 Å². The number of allylic oxidation sites excluding steroid dienone is 1. The van der Waals surface area contributed by atoms with Crippen molar-refractivity contribution in [3.05, 3.63) is 48.0 Å². The van der Waals surface area contributed by atoms with Crippen molar-refractivity contribution in [3.8, 4) is 0 Å². The highest BCUT2D eigenvalue weighted by atomic mass is 28.4. The highest BCUT2D eigenvalue weighted by molar-refractivity contribution is 6.74. The van der Waals surface area contributed by atoms with Crippen molar-refractivity contribution >= 4 is 8.32 Å². The Bertz CT molecular complexity index is 563. The molecule has 0 saturated carbocycles. The summed E-state index contributed by atoms with van der Waals surface area (Å²) in [5, 5.41) is 21.2. The molecule has 0 amide bonds. The van der Waals surface area contributed by atoms with Gasteiger partial charge in [-0.3, -0.25) is 0 Å². The lowest BCUT2D eigenvalue weighted by molar-refractivity contribution is 0.0441. The molecule has 0 unspecified atom stereocenters. The number of aliphatic hydroxyl groups excluding tert-OH is 2. The maximum atomic E-state index is 10.9. The fourth-order valence-electron chi connectivity index (χ4n) is 2.83. The Kier molecular flexibility index (Phi) is 8.74. The molecule has 0 fully saturated rings. The highest BCUT2D eigenvalue weighted by Gasteiger charge is 2.39. The van der Waals surface area contributed by atoms with Crippen LogP contribution >= 0.6 is 0 Å². The van der Waals surface area contributed by atoms with Crippen LogP contribution in [0.2, 0.25) is 18.1 Å². The molecule has 1 aromatic rings. The van der Waals surface area contributed by atoms with Crippen LogP contribution in [0.15, 0.2) is 36.9 Å². The Hall–Kier alpha value is -0.943. The average molecular weight is 379 g/mol. The zero-order valence-corrected chi connectivity index (χ0v) is 18.5. The summed E-state index contributed by atoms with van der Waals surface area (Å²) in [6.07, 6.45) is 3.18. The summed E-state index contributed by atoms with van der Waals surface area (Å²) in [5.74, 6) is 0. The van der Waals surface area contributed by atoms with Gasteiger partial charge in [0.05, 0.1) is 18.3 Å². The van der Waals surface area contributed by atoms with Crippen LogP contribution in [0, 0.1) is 0 Å². The second-order valence-electron chi connectivity index (χ2n) is 8.74. The number of rotatable bonds is 10. The van der Waals surface area contributed by atoms with Crippen LogP contribution in [0.1, 0.15) is 64.2 Å². The molecule has 26 heavy (non-hydrogen) atoms. The summed E-state index contributed by atoms with van der Waals surface area (Å²) in [7, 11) is -1.98. The van der Waals surface area contributed by atoms with Gasteiger partial charge >= 0.3 is 0 Å². The first-order valence-corrected chi connectivity index (χ1v) is 12.6. The van der Waals surface area contributed by atoms with E-state index in [1.165, 1.54) is 0 Å². The summed E-state index contributed by atoms with van der Waals surface area (Å²) in [6, 6.07) is 7.95. The predicted molar refractivity (Wildman–Crippen MR) is 113 cm³/mol. The third-order valence-corrected chi connectivity index (χ3v) is 10.1. The van der Waals surface area contributed by atoms with Crippen LogP contribution < -0.4 is 0 Å². The van der Waals surface area contributed by atoms with E-state index in [1.54, 1.807) is 0 Å². The van der Waals surface area contributed by atoms with Gasteiger partial charge in [0.1, 0.15) is 0 Å². The molecule has 3 nitrogen and oxygen atoms in total. The average Bonchev–Trinajstić information content (AvgIpc) is 2.53. The lowest BCUT2D eigenvalue weighted by Crippen LogP contribution is -2.45. The van der Waals surface area contributed by atoms with Crippen molar-refractivity contribution in [1.29, 1.82) is 0 Å². The molecule has 3 atom stereocenters. The summed E-state index contributed by atoms with van der Waals surface area (Å²) < 4.78 is 6.57. The second kappa shape index (κ2) is 9.84. The zero-order valence-electron chi connectivity index (χ0n) is 17.5. The predicted octanol–water partition coefficient (Wildman–Crippen LogP) is 5.39. The van der Waals surface area contributed by atoms with E-state index in [0.717, 1.165) is 17.5 Å². The van der Waals surface area contributed by atoms with Crippen LogP contribution in [-0.2, 0) is 10.8 Å². The molecule has 148 valence electrons. The molecular weight excluding hydrogens is 340 g/mol. The molecule has 1 rings (SSSR count). The Labute approximate surface area is 161 Å². The van der Waals surface area contributed by atoms with Gasteiger partial charge < -0.3 is 14.6 Å². The molecule has 0 bridgehead atoms. The molecule has 2 N–H and O–H groups in total. The normalized spacial score (nSPS) is 16.2. The molecule has 0 aromatic heterocycles. The van der Waals surface area contributed by atoms with Crippen molar-refractivity contribution in [2.24, 2.45) is 0 Å². The molecule has 0 aliphatic carbocycles. The van der Waals surface area contributed by atoms with Gasteiger partial charge in [-0.25, -0.2) is 0 Å². The van der Waals surface area contributed by atoms with Crippen molar-refractivity contribution < 1.29 is 14.6 Å². The molecular formula is C22H38O3Si. The van der Waals surface area contributed by atoms with E-state index in [1.807, 2.05) is 37.3 Å². The molecule has 0 heterocycles. The smallest absolute Gasteiger partial charge is 0.192 e. The van der Waals surface area contributed by atoms with Gasteiger partial charge in [0, 0.05) is 6.42 Å². The van der Waals surface area contributed by atoms with Crippen molar-refractivity contribution in [2.75, 3.05) is 0 Å². The van der Waals surface area contributed by atoms with Crippen LogP contribution in [0.3, 0.4) is 0 Å². The fourth-order valence-corrected chi connectivity index (χ4v) is 4.21. The fraction of sp³-hybridized carbons (Fsp3) is 0.636. The molecule has 1 aromatic carbocycles. The maximum Gasteiger partial charge on any atom is 0.192 e. The Morgan fingerprint density at radius 1 is 1.15 bits per heavy atom. The van der Waals surface area contributed by atoms with E-state index in [0.29, 0.717) is 19.3 Å². The summed E-state index contributed by atoms with van der Waals surface area (Å²) >= 11 is 0. The number of hydrogen-bond donors (Lipinski definition) is 2. The van der Waals surface area contributed by atoms with Gasteiger partial charge in [-0.1, -0.05) is 58.0 Å². The number of aliphatic hydroxyl groups is 2. The first kappa shape index (κ1) is 23.1. The SMILES string of the molecule is C=CCc1ccccc1[C@H](O)C[C@@H](C[C@H](O)CC)O[Si](C)(C)C(C)(C)C. The van der Waals surface area contributed by atoms with Gasteiger partial charge in [-0.05, 0) is 48.5 Å². The third-order valence-electron chi connectivity index (χ3n) is 5.54. The molecule has 0 aliphatic heterocycles. The van der Waals surface area contributed by atoms with E-state index in [-0.39, 0.29) is 11.1 Å². The molecule has 0 aliphatic rings. The minimum atomic E-state index is -1.98. The van der Waals surface area contributed by atoms with Gasteiger partial charge in [-0.2, -0.15) is 0 Å². The Balaban J connectivity index is 3.00. The topological polar surface area (TPSA) is 49.7 Å². The van der Waals surface area contributed by atoms with E-state index in [4.69, 9.17) is 4.43 Å². The van der Waals surface area contributed by atoms with Gasteiger partial charge in [0.2, 0.25) is 0 Å². The van der Waals surface area contributed by atoms with E-state index in [2.05, 4.69) is 40.4 Å². The van der Waals surface area contributed by atoms with Crippen LogP contribution in [-0.4, -0.2) is 30.7 Å². The molecule has 0 saturated heterocycles. The Morgan fingerprint density at radius 2 is 1.77 bits per heavy atom. The van der Waals surface area contributed by atoms with Crippen LogP contribution in [0.25, 0.3) is 0 Å². The van der Waals surface area contributed by atoms with Crippen molar-refractivity contribution in [3.63, 3.8) is 0 Å². The van der Waals surface area contributed by atoms with Crippen LogP contribution in [0.5, 0.6) is 0 Å². The first-order chi connectivity index (χ1) is 12.0. The van der Waals surface area contributed by atoms with Gasteiger partial charge in [-0.15, -0.1) is 6.58 Å². The Morgan fingerprint density at radius 3 is 2.31 bits per heavy atom. The second-order valence-corrected chi connectivity index (χ2v) is 13.5. The first-order valence-electron chi connectivity index (χ1n) is 9.74. The number of hydrogen-bond acceptors (Lipinski definition) is 3. The van der Waals surface area contributed by atoms with Crippen molar-refractivity contribution in [2.45, 2.75) is 89.8 Å². The molecule has 0 radical (unpaired) electrons. The van der Waals surface area contributed by atoms with Crippen molar-refractivity contribution in [1.82, 2.24) is 0 Å². The van der Waals surface area contributed by atoms with Gasteiger partial charge in [0.25, 0.3) is 0 Å². The number of benzene rings is 1. The zero-order chi connectivity index (χ0) is 20.0. The summed E-state index contributed by atoms with van der Waals surface area (Å²) in [5.41, 5.74) is 2.03. The lowest BCUT2D eigenvalue weighted by atomic mass is 9.94. The summed E-state index contributed by atoms with van der Waals surface area (Å²) in [6.45, 7) is 16.9. The summed E-state index contributed by atoms with van der Waals surface area (Å²) in [4.78, 5) is 0. The van der Waals surface area contributed by atoms with E-state index >= 15 is 0 Å². The molecule has 4 heteroatoms. The minimum absolute atomic E-state index is 0.0914.